The number of allylic oxidation sites excluding steroid dienone is 1. The molecule has 1 aliphatic heterocycles. The number of aromatic hydroxyl groups is 1. The molecule has 2 aromatic rings. The molecule has 0 bridgehead atoms. The van der Waals surface area contributed by atoms with Crippen LogP contribution in [0.4, 0.5) is 4.79 Å². The Bertz CT molecular complexity index is 1380. The highest BCUT2D eigenvalue weighted by Gasteiger charge is 2.63. The van der Waals surface area contributed by atoms with Crippen LogP contribution >= 0.6 is 0 Å². The van der Waals surface area contributed by atoms with Crippen molar-refractivity contribution >= 4 is 11.7 Å². The molecule has 1 saturated carbocycles. The molecule has 250 valence electrons. The molecule has 0 aromatic heterocycles. The first kappa shape index (κ1) is 33.8. The largest absolute Gasteiger partial charge is 0.508 e. The highest BCUT2D eigenvalue weighted by atomic mass is 16.6. The maximum Gasteiger partial charge on any atom is 0.317 e. The van der Waals surface area contributed by atoms with Gasteiger partial charge in [-0.15, -0.1) is 0 Å². The average molecular weight is 636 g/mol. The zero-order valence-electron chi connectivity index (χ0n) is 27.0. The van der Waals surface area contributed by atoms with Crippen LogP contribution in [0.5, 0.6) is 11.5 Å². The number of benzene rings is 2. The maximum atomic E-state index is 13.4. The molecule has 5 rings (SSSR count). The smallest absolute Gasteiger partial charge is 0.317 e. The highest BCUT2D eigenvalue weighted by molar-refractivity contribution is 6.03. The molecular weight excluding hydrogens is 586 g/mol. The van der Waals surface area contributed by atoms with Crippen molar-refractivity contribution in [1.29, 1.82) is 0 Å². The van der Waals surface area contributed by atoms with Gasteiger partial charge < -0.3 is 40.2 Å². The van der Waals surface area contributed by atoms with Gasteiger partial charge in [-0.05, 0) is 73.3 Å². The molecule has 10 nitrogen and oxygen atoms in total. The van der Waals surface area contributed by atoms with Crippen LogP contribution in [-0.2, 0) is 11.4 Å². The van der Waals surface area contributed by atoms with Crippen molar-refractivity contribution in [3.63, 3.8) is 0 Å². The SMILES string of the molecule is CCCNC(=O)N(C)C1CC(=NOCc2ccccc2)C2=CC(CCCCO)C(CCCCO)C3c4cc(O)ccc4OC1(O)C23. The Hall–Kier alpha value is -3.60. The van der Waals surface area contributed by atoms with Crippen molar-refractivity contribution in [3.8, 4) is 11.5 Å². The fraction of sp³-hybridized carbons (Fsp3) is 0.556. The van der Waals surface area contributed by atoms with Crippen LogP contribution in [-0.4, -0.2) is 75.7 Å². The minimum Gasteiger partial charge on any atom is -0.508 e. The summed E-state index contributed by atoms with van der Waals surface area (Å²) in [5.74, 6) is -1.94. The van der Waals surface area contributed by atoms with E-state index in [0.717, 1.165) is 48.8 Å². The zero-order chi connectivity index (χ0) is 32.7. The lowest BCUT2D eigenvalue weighted by molar-refractivity contribution is -0.226. The van der Waals surface area contributed by atoms with Crippen molar-refractivity contribution in [1.82, 2.24) is 10.2 Å². The maximum absolute atomic E-state index is 13.4. The number of aliphatic hydroxyl groups excluding tert-OH is 2. The number of rotatable bonds is 14. The van der Waals surface area contributed by atoms with Crippen molar-refractivity contribution in [2.24, 2.45) is 22.9 Å². The van der Waals surface area contributed by atoms with Crippen LogP contribution in [0.3, 0.4) is 0 Å². The Morgan fingerprint density at radius 1 is 1.09 bits per heavy atom. The van der Waals surface area contributed by atoms with Gasteiger partial charge in [-0.1, -0.05) is 61.3 Å². The summed E-state index contributed by atoms with van der Waals surface area (Å²) in [4.78, 5) is 20.9. The molecule has 6 atom stereocenters. The number of carbonyl (C=O) groups is 1. The molecule has 10 heteroatoms. The quantitative estimate of drug-likeness (QED) is 0.144. The van der Waals surface area contributed by atoms with Crippen LogP contribution in [0.1, 0.15) is 75.3 Å². The second-order valence-electron chi connectivity index (χ2n) is 12.8. The van der Waals surface area contributed by atoms with E-state index in [-0.39, 0.29) is 55.8 Å². The lowest BCUT2D eigenvalue weighted by atomic mass is 9.55. The predicted molar refractivity (Wildman–Crippen MR) is 175 cm³/mol. The van der Waals surface area contributed by atoms with E-state index in [9.17, 15) is 25.2 Å². The summed E-state index contributed by atoms with van der Waals surface area (Å²) in [7, 11) is 1.68. The van der Waals surface area contributed by atoms with Crippen LogP contribution in [0.25, 0.3) is 0 Å². The summed E-state index contributed by atoms with van der Waals surface area (Å²) in [5.41, 5.74) is 3.27. The summed E-state index contributed by atoms with van der Waals surface area (Å²) in [5, 5.41) is 50.3. The minimum absolute atomic E-state index is 0.0411. The normalized spacial score (nSPS) is 27.2. The average Bonchev–Trinajstić information content (AvgIpc) is 3.06. The van der Waals surface area contributed by atoms with Crippen LogP contribution < -0.4 is 10.1 Å². The van der Waals surface area contributed by atoms with Gasteiger partial charge in [0.05, 0.1) is 11.6 Å². The number of carbonyl (C=O) groups excluding carboxylic acids is 1. The third-order valence-corrected chi connectivity index (χ3v) is 9.82. The molecule has 1 heterocycles. The lowest BCUT2D eigenvalue weighted by Crippen LogP contribution is -2.69. The van der Waals surface area contributed by atoms with Gasteiger partial charge in [0, 0.05) is 44.7 Å². The summed E-state index contributed by atoms with van der Waals surface area (Å²) < 4.78 is 6.55. The summed E-state index contributed by atoms with van der Waals surface area (Å²) in [6.07, 6.45) is 7.76. The molecule has 5 N–H and O–H groups in total. The monoisotopic (exact) mass is 635 g/mol. The van der Waals surface area contributed by atoms with Crippen LogP contribution in [0, 0.1) is 17.8 Å². The van der Waals surface area contributed by atoms with Gasteiger partial charge in [0.2, 0.25) is 5.79 Å². The third kappa shape index (κ3) is 7.04. The molecule has 0 saturated heterocycles. The second-order valence-corrected chi connectivity index (χ2v) is 12.8. The Kier molecular flexibility index (Phi) is 11.2. The number of fused-ring (bicyclic) bond motifs is 2. The number of oxime groups is 1. The van der Waals surface area contributed by atoms with Gasteiger partial charge >= 0.3 is 6.03 Å². The molecule has 0 radical (unpaired) electrons. The second kappa shape index (κ2) is 15.3. The lowest BCUT2D eigenvalue weighted by Gasteiger charge is -2.58. The molecule has 6 unspecified atom stereocenters. The summed E-state index contributed by atoms with van der Waals surface area (Å²) >= 11 is 0. The van der Waals surface area contributed by atoms with E-state index in [2.05, 4.69) is 16.5 Å². The number of likely N-dealkylation sites (N-methyl/N-ethyl adjacent to an activating group) is 1. The van der Waals surface area contributed by atoms with Crippen molar-refractivity contribution in [2.75, 3.05) is 26.8 Å². The van der Waals surface area contributed by atoms with Gasteiger partial charge in [0.15, 0.2) is 0 Å². The molecule has 0 spiro atoms. The first-order valence-electron chi connectivity index (χ1n) is 16.7. The van der Waals surface area contributed by atoms with E-state index in [1.807, 2.05) is 37.3 Å². The Morgan fingerprint density at radius 3 is 2.54 bits per heavy atom. The van der Waals surface area contributed by atoms with E-state index in [4.69, 9.17) is 9.57 Å². The Balaban J connectivity index is 1.64. The number of nitrogens with zero attached hydrogens (tertiary/aromatic N) is 2. The number of hydrogen-bond donors (Lipinski definition) is 5. The number of aliphatic hydroxyl groups is 3. The van der Waals surface area contributed by atoms with Crippen LogP contribution in [0.15, 0.2) is 65.3 Å². The number of unbranched alkanes of at least 4 members (excludes halogenated alkanes) is 2. The Morgan fingerprint density at radius 2 is 1.83 bits per heavy atom. The number of ether oxygens (including phenoxy) is 1. The van der Waals surface area contributed by atoms with Crippen molar-refractivity contribution < 1.29 is 34.8 Å². The molecule has 1 fully saturated rings. The van der Waals surface area contributed by atoms with Gasteiger partial charge in [-0.3, -0.25) is 0 Å². The number of phenolic OH excluding ortho intramolecular Hbond substituents is 1. The molecule has 3 aliphatic rings. The standard InChI is InChI=1S/C36H49N3O7/c1-3-17-37-35(43)39(2)32-22-30(38-45-23-24-11-5-4-6-12-24)28-20-25(13-7-9-18-40)27(14-8-10-19-41)33-29-21-26(42)15-16-31(29)46-36(32,44)34(28)33/h4-6,11-12,15-16,20-21,25,27,32-34,40-42,44H,3,7-10,13-14,17-19,22-23H2,1-2H3,(H,37,43). The van der Waals surface area contributed by atoms with E-state index >= 15 is 0 Å². The van der Waals surface area contributed by atoms with Gasteiger partial charge in [0.1, 0.15) is 24.1 Å². The van der Waals surface area contributed by atoms with Crippen molar-refractivity contribution in [3.05, 3.63) is 71.3 Å². The molecule has 2 amide bonds. The van der Waals surface area contributed by atoms with E-state index in [1.165, 1.54) is 4.90 Å². The first-order chi connectivity index (χ1) is 22.3. The third-order valence-electron chi connectivity index (χ3n) is 9.82. The summed E-state index contributed by atoms with van der Waals surface area (Å²) in [6.45, 7) is 2.96. The predicted octanol–water partition coefficient (Wildman–Crippen LogP) is 5.07. The molecule has 2 aromatic carbocycles. The van der Waals surface area contributed by atoms with Crippen molar-refractivity contribution in [2.45, 2.75) is 82.6 Å². The number of hydrogen-bond acceptors (Lipinski definition) is 8. The van der Waals surface area contributed by atoms with Gasteiger partial charge in [0.25, 0.3) is 0 Å². The fourth-order valence-electron chi connectivity index (χ4n) is 7.62. The molecular formula is C36H49N3O7. The molecule has 2 aliphatic carbocycles. The first-order valence-corrected chi connectivity index (χ1v) is 16.7. The highest BCUT2D eigenvalue weighted by Crippen LogP contribution is 2.60. The number of phenols is 1. The van der Waals surface area contributed by atoms with Crippen LogP contribution in [0.2, 0.25) is 0 Å². The van der Waals surface area contributed by atoms with E-state index < -0.39 is 17.7 Å². The van der Waals surface area contributed by atoms with E-state index in [1.54, 1.807) is 25.2 Å². The minimum atomic E-state index is -1.79. The topological polar surface area (TPSA) is 144 Å². The number of nitrogens with one attached hydrogen (secondary N) is 1. The summed E-state index contributed by atoms with van der Waals surface area (Å²) in [6, 6.07) is 13.7. The zero-order valence-corrected chi connectivity index (χ0v) is 27.0. The fourth-order valence-corrected chi connectivity index (χ4v) is 7.62. The number of urea groups is 1. The van der Waals surface area contributed by atoms with Gasteiger partial charge in [-0.25, -0.2) is 4.79 Å². The Labute approximate surface area is 271 Å². The molecule has 46 heavy (non-hydrogen) atoms. The number of amides is 2. The van der Waals surface area contributed by atoms with E-state index in [0.29, 0.717) is 30.8 Å². The van der Waals surface area contributed by atoms with Gasteiger partial charge in [-0.2, -0.15) is 0 Å².